The summed E-state index contributed by atoms with van der Waals surface area (Å²) in [6.45, 7) is 24.4. The number of hydrogen-bond donors (Lipinski definition) is 1. The van der Waals surface area contributed by atoms with Gasteiger partial charge < -0.3 is 14.3 Å². The van der Waals surface area contributed by atoms with Crippen molar-refractivity contribution in [2.45, 2.75) is 107 Å². The Morgan fingerprint density at radius 2 is 1.48 bits per heavy atom. The maximum absolute atomic E-state index is 13.2. The average molecular weight is 460 g/mol. The number of likely N-dealkylation sites (tertiary alicyclic amines) is 1. The molecule has 6 heteroatoms. The molecule has 1 amide bonds. The fourth-order valence-electron chi connectivity index (χ4n) is 5.22. The van der Waals surface area contributed by atoms with Gasteiger partial charge in [0.1, 0.15) is 0 Å². The summed E-state index contributed by atoms with van der Waals surface area (Å²) < 4.78 is 18.6. The van der Waals surface area contributed by atoms with Crippen LogP contribution < -0.4 is 0 Å². The van der Waals surface area contributed by atoms with Crippen molar-refractivity contribution in [3.8, 4) is 0 Å². The van der Waals surface area contributed by atoms with E-state index in [0.29, 0.717) is 25.4 Å². The van der Waals surface area contributed by atoms with E-state index in [4.69, 9.17) is 4.52 Å². The predicted octanol–water partition coefficient (Wildman–Crippen LogP) is 6.74. The van der Waals surface area contributed by atoms with Gasteiger partial charge in [0.25, 0.3) is 0 Å². The van der Waals surface area contributed by atoms with Crippen molar-refractivity contribution < 1.29 is 18.8 Å². The monoisotopic (exact) mass is 459 g/mol. The van der Waals surface area contributed by atoms with Gasteiger partial charge in [-0.1, -0.05) is 62.3 Å². The number of carbonyl (C=O) groups excluding carboxylic acids is 1. The zero-order valence-electron chi connectivity index (χ0n) is 22.2. The van der Waals surface area contributed by atoms with Crippen LogP contribution in [0.1, 0.15) is 102 Å². The Bertz CT molecular complexity index is 653. The van der Waals surface area contributed by atoms with Crippen molar-refractivity contribution in [2.75, 3.05) is 19.3 Å². The summed E-state index contributed by atoms with van der Waals surface area (Å²) in [5, 5.41) is 0. The minimum Gasteiger partial charge on any atom is -0.342 e. The van der Waals surface area contributed by atoms with E-state index in [1.807, 2.05) is 18.7 Å². The van der Waals surface area contributed by atoms with Gasteiger partial charge >= 0.3 is 7.60 Å². The molecule has 0 spiro atoms. The third-order valence-corrected chi connectivity index (χ3v) is 8.53. The maximum Gasteiger partial charge on any atom is 0.328 e. The molecule has 1 unspecified atom stereocenters. The predicted molar refractivity (Wildman–Crippen MR) is 130 cm³/mol. The molecule has 1 N–H and O–H groups in total. The Hall–Kier alpha value is -0.380. The molecule has 0 aliphatic carbocycles. The number of rotatable bonds is 9. The second-order valence-corrected chi connectivity index (χ2v) is 15.2. The van der Waals surface area contributed by atoms with Gasteiger partial charge in [0.05, 0.1) is 11.8 Å². The van der Waals surface area contributed by atoms with E-state index in [0.717, 1.165) is 19.3 Å². The molecule has 1 heterocycles. The summed E-state index contributed by atoms with van der Waals surface area (Å²) in [7, 11) is -3.69. The lowest BCUT2D eigenvalue weighted by atomic mass is 9.69. The molecule has 0 aromatic carbocycles. The van der Waals surface area contributed by atoms with Crippen LogP contribution in [-0.4, -0.2) is 40.6 Å². The first-order valence-electron chi connectivity index (χ1n) is 12.0. The minimum atomic E-state index is -3.69. The summed E-state index contributed by atoms with van der Waals surface area (Å²) in [5.74, 6) is 0.821. The van der Waals surface area contributed by atoms with Crippen molar-refractivity contribution in [2.24, 2.45) is 28.1 Å². The zero-order chi connectivity index (χ0) is 24.5. The quantitative estimate of drug-likeness (QED) is 0.388. The van der Waals surface area contributed by atoms with Gasteiger partial charge in [-0.2, -0.15) is 0 Å². The van der Waals surface area contributed by atoms with Gasteiger partial charge in [-0.15, -0.1) is 0 Å². The first-order chi connectivity index (χ1) is 13.7. The molecular weight excluding hydrogens is 409 g/mol. The molecule has 1 aliphatic rings. The first kappa shape index (κ1) is 28.7. The van der Waals surface area contributed by atoms with Crippen molar-refractivity contribution in [1.82, 2.24) is 4.90 Å². The van der Waals surface area contributed by atoms with Crippen LogP contribution in [0.15, 0.2) is 0 Å². The Morgan fingerprint density at radius 1 is 1.00 bits per heavy atom. The van der Waals surface area contributed by atoms with Gasteiger partial charge in [0, 0.05) is 18.5 Å². The van der Waals surface area contributed by atoms with E-state index in [1.165, 1.54) is 0 Å². The second-order valence-electron chi connectivity index (χ2n) is 13.3. The minimum absolute atomic E-state index is 0.0200. The van der Waals surface area contributed by atoms with Gasteiger partial charge in [-0.3, -0.25) is 9.36 Å². The average Bonchev–Trinajstić information content (AvgIpc) is 2.49. The summed E-state index contributed by atoms with van der Waals surface area (Å²) in [6.07, 6.45) is 3.23. The van der Waals surface area contributed by atoms with Crippen LogP contribution in [-0.2, 0) is 13.9 Å². The Kier molecular flexibility index (Phi) is 9.11. The van der Waals surface area contributed by atoms with E-state index in [-0.39, 0.29) is 28.8 Å². The summed E-state index contributed by atoms with van der Waals surface area (Å²) in [4.78, 5) is 25.7. The summed E-state index contributed by atoms with van der Waals surface area (Å²) in [5.41, 5.74) is -0.941. The van der Waals surface area contributed by atoms with Crippen LogP contribution in [0.4, 0.5) is 0 Å². The number of nitrogens with zero attached hydrogens (tertiary/aromatic N) is 1. The number of hydrogen-bond acceptors (Lipinski definition) is 3. The second kappa shape index (κ2) is 9.85. The topological polar surface area (TPSA) is 66.8 Å². The standard InChI is InChI=1S/C25H50NO4P/c1-19(2)23(6,7)18-24(8,9)21(27)26-14-12-20(13-15-26)16-31(28,29)30-25(10,11)17-22(3,4)5/h19-20H,12-18H2,1-11H3,(H,28,29). The number of amides is 1. The number of carbonyl (C=O) groups is 1. The highest BCUT2D eigenvalue weighted by Gasteiger charge is 2.41. The molecule has 5 nitrogen and oxygen atoms in total. The van der Waals surface area contributed by atoms with Gasteiger partial charge in [0.2, 0.25) is 5.91 Å². The van der Waals surface area contributed by atoms with Gasteiger partial charge in [0.15, 0.2) is 0 Å². The Labute approximate surface area is 192 Å². The van der Waals surface area contributed by atoms with E-state index in [2.05, 4.69) is 62.3 Å². The Balaban J connectivity index is 2.66. The Morgan fingerprint density at radius 3 is 1.90 bits per heavy atom. The molecule has 1 aliphatic heterocycles. The summed E-state index contributed by atoms with van der Waals surface area (Å²) in [6, 6.07) is 0. The van der Waals surface area contributed by atoms with Crippen LogP contribution in [0.5, 0.6) is 0 Å². The molecule has 1 atom stereocenters. The lowest BCUT2D eigenvalue weighted by molar-refractivity contribution is -0.143. The molecule has 1 saturated heterocycles. The molecule has 1 rings (SSSR count). The molecule has 1 fully saturated rings. The van der Waals surface area contributed by atoms with Gasteiger partial charge in [-0.05, 0) is 62.2 Å². The van der Waals surface area contributed by atoms with Crippen LogP contribution in [0.25, 0.3) is 0 Å². The van der Waals surface area contributed by atoms with E-state index in [9.17, 15) is 14.3 Å². The van der Waals surface area contributed by atoms with Crippen molar-refractivity contribution in [3.63, 3.8) is 0 Å². The van der Waals surface area contributed by atoms with E-state index < -0.39 is 18.6 Å². The SMILES string of the molecule is CC(C)C(C)(C)CC(C)(C)C(=O)N1CCC(CP(=O)(O)OC(C)(C)CC(C)(C)C)CC1. The smallest absolute Gasteiger partial charge is 0.328 e. The third kappa shape index (κ3) is 9.56. The van der Waals surface area contributed by atoms with E-state index >= 15 is 0 Å². The lowest BCUT2D eigenvalue weighted by Gasteiger charge is -2.41. The molecule has 0 bridgehead atoms. The lowest BCUT2D eigenvalue weighted by Crippen LogP contribution is -2.47. The highest BCUT2D eigenvalue weighted by atomic mass is 31.2. The zero-order valence-corrected chi connectivity index (χ0v) is 23.1. The molecule has 0 radical (unpaired) electrons. The summed E-state index contributed by atoms with van der Waals surface area (Å²) >= 11 is 0. The van der Waals surface area contributed by atoms with Crippen molar-refractivity contribution in [1.29, 1.82) is 0 Å². The fourth-order valence-corrected chi connectivity index (χ4v) is 7.15. The first-order valence-corrected chi connectivity index (χ1v) is 13.7. The highest BCUT2D eigenvalue weighted by molar-refractivity contribution is 7.52. The molecule has 184 valence electrons. The number of piperidine rings is 1. The highest BCUT2D eigenvalue weighted by Crippen LogP contribution is 2.51. The molecule has 0 aromatic rings. The molecule has 0 aromatic heterocycles. The molecule has 31 heavy (non-hydrogen) atoms. The van der Waals surface area contributed by atoms with Crippen LogP contribution >= 0.6 is 7.60 Å². The fraction of sp³-hybridized carbons (Fsp3) is 0.960. The molecule has 0 saturated carbocycles. The normalized spacial score (nSPS) is 19.6. The van der Waals surface area contributed by atoms with Crippen LogP contribution in [0.2, 0.25) is 0 Å². The molecular formula is C25H50NO4P. The van der Waals surface area contributed by atoms with E-state index in [1.54, 1.807) is 0 Å². The van der Waals surface area contributed by atoms with Crippen molar-refractivity contribution >= 4 is 13.5 Å². The largest absolute Gasteiger partial charge is 0.342 e. The van der Waals surface area contributed by atoms with Crippen molar-refractivity contribution in [3.05, 3.63) is 0 Å². The third-order valence-electron chi connectivity index (χ3n) is 6.78. The van der Waals surface area contributed by atoms with Gasteiger partial charge in [-0.25, -0.2) is 0 Å². The van der Waals surface area contributed by atoms with Crippen LogP contribution in [0, 0.1) is 28.1 Å². The maximum atomic E-state index is 13.2. The van der Waals surface area contributed by atoms with Crippen LogP contribution in [0.3, 0.4) is 0 Å².